The van der Waals surface area contributed by atoms with E-state index in [1.807, 2.05) is 38.4 Å². The average Bonchev–Trinajstić information content (AvgIpc) is 2.56. The van der Waals surface area contributed by atoms with Gasteiger partial charge >= 0.3 is 0 Å². The van der Waals surface area contributed by atoms with Gasteiger partial charge in [0.15, 0.2) is 0 Å². The average molecular weight is 323 g/mol. The first-order chi connectivity index (χ1) is 11.6. The topological polar surface area (TPSA) is 39.5 Å². The van der Waals surface area contributed by atoms with Crippen LogP contribution in [-0.4, -0.2) is 44.1 Å². The molecule has 24 heavy (non-hydrogen) atoms. The Labute approximate surface area is 144 Å². The van der Waals surface area contributed by atoms with Crippen LogP contribution in [0.15, 0.2) is 48.5 Å². The first-order valence-electron chi connectivity index (χ1n) is 8.11. The summed E-state index contributed by atoms with van der Waals surface area (Å²) in [7, 11) is 6.11. The van der Waals surface area contributed by atoms with Crippen LogP contribution in [0.1, 0.15) is 16.7 Å². The van der Waals surface area contributed by atoms with Gasteiger partial charge in [0.2, 0.25) is 0 Å². The lowest BCUT2D eigenvalue weighted by Crippen LogP contribution is -2.24. The van der Waals surface area contributed by atoms with Crippen molar-refractivity contribution in [2.45, 2.75) is 13.1 Å². The van der Waals surface area contributed by atoms with Crippen molar-refractivity contribution in [2.24, 2.45) is 0 Å². The van der Waals surface area contributed by atoms with Crippen molar-refractivity contribution in [2.75, 3.05) is 34.3 Å². The van der Waals surface area contributed by atoms with Crippen LogP contribution in [0.5, 0.6) is 5.75 Å². The molecule has 0 aliphatic heterocycles. The van der Waals surface area contributed by atoms with Gasteiger partial charge in [-0.15, -0.1) is 0 Å². The lowest BCUT2D eigenvalue weighted by atomic mass is 10.1. The summed E-state index contributed by atoms with van der Waals surface area (Å²) in [6.45, 7) is 3.12. The van der Waals surface area contributed by atoms with Crippen molar-refractivity contribution in [1.82, 2.24) is 9.80 Å². The Bertz CT molecular complexity index is 677. The molecule has 0 amide bonds. The molecule has 2 aromatic carbocycles. The van der Waals surface area contributed by atoms with Gasteiger partial charge < -0.3 is 9.64 Å². The first kappa shape index (κ1) is 18.0. The van der Waals surface area contributed by atoms with Crippen molar-refractivity contribution >= 4 is 0 Å². The normalized spacial score (nSPS) is 10.8. The zero-order chi connectivity index (χ0) is 17.4. The summed E-state index contributed by atoms with van der Waals surface area (Å²) in [4.78, 5) is 4.31. The quantitative estimate of drug-likeness (QED) is 0.748. The molecule has 0 aliphatic rings. The SMILES string of the molecule is CN(C)Cc1cc(C#N)ccc1OCCN(C)Cc1ccccc1. The fourth-order valence-corrected chi connectivity index (χ4v) is 2.54. The number of nitrogens with zero attached hydrogens (tertiary/aromatic N) is 3. The second-order valence-electron chi connectivity index (χ2n) is 6.24. The zero-order valence-electron chi connectivity index (χ0n) is 14.7. The maximum Gasteiger partial charge on any atom is 0.123 e. The highest BCUT2D eigenvalue weighted by Crippen LogP contribution is 2.21. The number of nitriles is 1. The number of benzene rings is 2. The molecule has 0 N–H and O–H groups in total. The van der Waals surface area contributed by atoms with Crippen LogP contribution in [0.4, 0.5) is 0 Å². The van der Waals surface area contributed by atoms with Crippen LogP contribution < -0.4 is 4.74 Å². The maximum absolute atomic E-state index is 9.06. The summed E-state index contributed by atoms with van der Waals surface area (Å²) < 4.78 is 5.97. The predicted octanol–water partition coefficient (Wildman–Crippen LogP) is 3.13. The molecule has 4 nitrogen and oxygen atoms in total. The van der Waals surface area contributed by atoms with E-state index in [1.54, 1.807) is 0 Å². The summed E-state index contributed by atoms with van der Waals surface area (Å²) in [6.07, 6.45) is 0. The summed E-state index contributed by atoms with van der Waals surface area (Å²) in [6, 6.07) is 18.2. The standard InChI is InChI=1S/C20H25N3O/c1-22(2)16-19-13-18(14-21)9-10-20(19)24-12-11-23(3)15-17-7-5-4-6-8-17/h4-10,13H,11-12,15-16H2,1-3H3. The molecule has 0 heterocycles. The molecule has 0 aromatic heterocycles. The van der Waals surface area contributed by atoms with Crippen molar-refractivity contribution in [3.05, 3.63) is 65.2 Å². The fourth-order valence-electron chi connectivity index (χ4n) is 2.54. The highest BCUT2D eigenvalue weighted by molar-refractivity contribution is 5.42. The minimum atomic E-state index is 0.621. The van der Waals surface area contributed by atoms with E-state index < -0.39 is 0 Å². The molecule has 4 heteroatoms. The second-order valence-corrected chi connectivity index (χ2v) is 6.24. The van der Waals surface area contributed by atoms with E-state index in [0.29, 0.717) is 12.2 Å². The molecule has 0 saturated carbocycles. The molecule has 126 valence electrons. The molecule has 2 aromatic rings. The first-order valence-corrected chi connectivity index (χ1v) is 8.11. The number of hydrogen-bond acceptors (Lipinski definition) is 4. The van der Waals surface area contributed by atoms with E-state index in [0.717, 1.165) is 30.9 Å². The molecule has 0 atom stereocenters. The highest BCUT2D eigenvalue weighted by Gasteiger charge is 2.08. The molecule has 2 rings (SSSR count). The smallest absolute Gasteiger partial charge is 0.123 e. The zero-order valence-corrected chi connectivity index (χ0v) is 14.7. The highest BCUT2D eigenvalue weighted by atomic mass is 16.5. The van der Waals surface area contributed by atoms with Gasteiger partial charge in [-0.25, -0.2) is 0 Å². The molecular weight excluding hydrogens is 298 g/mol. The minimum absolute atomic E-state index is 0.621. The van der Waals surface area contributed by atoms with E-state index in [1.165, 1.54) is 5.56 Å². The van der Waals surface area contributed by atoms with Crippen LogP contribution >= 0.6 is 0 Å². The van der Waals surface area contributed by atoms with Gasteiger partial charge in [-0.2, -0.15) is 5.26 Å². The largest absolute Gasteiger partial charge is 0.492 e. The lowest BCUT2D eigenvalue weighted by molar-refractivity contribution is 0.229. The molecule has 0 unspecified atom stereocenters. The third-order valence-electron chi connectivity index (χ3n) is 3.70. The van der Waals surface area contributed by atoms with E-state index in [9.17, 15) is 0 Å². The number of ether oxygens (including phenoxy) is 1. The van der Waals surface area contributed by atoms with Gasteiger partial charge in [0.05, 0.1) is 11.6 Å². The number of likely N-dealkylation sites (N-methyl/N-ethyl adjacent to an activating group) is 1. The summed E-state index contributed by atoms with van der Waals surface area (Å²) >= 11 is 0. The molecule has 0 aliphatic carbocycles. The van der Waals surface area contributed by atoms with Gasteiger partial charge in [0, 0.05) is 25.2 Å². The molecular formula is C20H25N3O. The van der Waals surface area contributed by atoms with Crippen molar-refractivity contribution < 1.29 is 4.74 Å². The molecule has 0 bridgehead atoms. The Morgan fingerprint density at radius 3 is 2.42 bits per heavy atom. The van der Waals surface area contributed by atoms with Crippen molar-refractivity contribution in [3.63, 3.8) is 0 Å². The van der Waals surface area contributed by atoms with E-state index >= 15 is 0 Å². The van der Waals surface area contributed by atoms with Crippen LogP contribution in [0.25, 0.3) is 0 Å². The number of rotatable bonds is 8. The van der Waals surface area contributed by atoms with Crippen LogP contribution in [0.3, 0.4) is 0 Å². The fraction of sp³-hybridized carbons (Fsp3) is 0.350. The summed E-state index contributed by atoms with van der Waals surface area (Å²) in [5, 5.41) is 9.06. The second kappa shape index (κ2) is 9.07. The Morgan fingerprint density at radius 2 is 1.75 bits per heavy atom. The molecule has 0 spiro atoms. The van der Waals surface area contributed by atoms with Gasteiger partial charge in [-0.05, 0) is 44.9 Å². The summed E-state index contributed by atoms with van der Waals surface area (Å²) in [5.41, 5.74) is 3.01. The number of hydrogen-bond donors (Lipinski definition) is 0. The van der Waals surface area contributed by atoms with E-state index in [4.69, 9.17) is 10.00 Å². The Morgan fingerprint density at radius 1 is 1.00 bits per heavy atom. The monoisotopic (exact) mass is 323 g/mol. The van der Waals surface area contributed by atoms with Gasteiger partial charge in [0.25, 0.3) is 0 Å². The van der Waals surface area contributed by atoms with Gasteiger partial charge in [0.1, 0.15) is 12.4 Å². The van der Waals surface area contributed by atoms with Gasteiger partial charge in [-0.3, -0.25) is 4.90 Å². The van der Waals surface area contributed by atoms with Crippen molar-refractivity contribution in [1.29, 1.82) is 5.26 Å². The Hall–Kier alpha value is -2.35. The van der Waals surface area contributed by atoms with E-state index in [-0.39, 0.29) is 0 Å². The molecule has 0 radical (unpaired) electrons. The predicted molar refractivity (Wildman–Crippen MR) is 96.8 cm³/mol. The third-order valence-corrected chi connectivity index (χ3v) is 3.70. The van der Waals surface area contributed by atoms with Crippen molar-refractivity contribution in [3.8, 4) is 11.8 Å². The van der Waals surface area contributed by atoms with Crippen LogP contribution in [0, 0.1) is 11.3 Å². The van der Waals surface area contributed by atoms with Gasteiger partial charge in [-0.1, -0.05) is 30.3 Å². The van der Waals surface area contributed by atoms with Crippen LogP contribution in [0.2, 0.25) is 0 Å². The maximum atomic E-state index is 9.06. The lowest BCUT2D eigenvalue weighted by Gasteiger charge is -2.19. The molecule has 0 fully saturated rings. The Kier molecular flexibility index (Phi) is 6.80. The molecule has 0 saturated heterocycles. The Balaban J connectivity index is 1.90. The summed E-state index contributed by atoms with van der Waals surface area (Å²) in [5.74, 6) is 0.857. The minimum Gasteiger partial charge on any atom is -0.492 e. The third kappa shape index (κ3) is 5.69. The van der Waals surface area contributed by atoms with E-state index in [2.05, 4.69) is 47.2 Å². The van der Waals surface area contributed by atoms with Crippen LogP contribution in [-0.2, 0) is 13.1 Å².